The van der Waals surface area contributed by atoms with Crippen LogP contribution in [0, 0.1) is 0 Å². The Hall–Kier alpha value is -4.62. The van der Waals surface area contributed by atoms with Crippen molar-refractivity contribution < 1.29 is 4.42 Å². The van der Waals surface area contributed by atoms with E-state index in [1.165, 1.54) is 11.3 Å². The summed E-state index contributed by atoms with van der Waals surface area (Å²) in [5.74, 6) is 2.24. The molecule has 7 heteroatoms. The van der Waals surface area contributed by atoms with Gasteiger partial charge in [0.25, 0.3) is 0 Å². The van der Waals surface area contributed by atoms with Crippen molar-refractivity contribution in [3.8, 4) is 44.7 Å². The fourth-order valence-corrected chi connectivity index (χ4v) is 5.07. The Morgan fingerprint density at radius 3 is 2.23 bits per heavy atom. The van der Waals surface area contributed by atoms with Gasteiger partial charge in [-0.05, 0) is 24.3 Å². The summed E-state index contributed by atoms with van der Waals surface area (Å²) in [7, 11) is 0. The average molecular weight is 472 g/mol. The van der Waals surface area contributed by atoms with Gasteiger partial charge < -0.3 is 4.42 Å². The fraction of sp³-hybridized carbons (Fsp3) is 0. The van der Waals surface area contributed by atoms with E-state index in [0.29, 0.717) is 5.76 Å². The van der Waals surface area contributed by atoms with Crippen LogP contribution in [0.1, 0.15) is 0 Å². The maximum atomic E-state index is 6.21. The van der Waals surface area contributed by atoms with Crippen LogP contribution in [-0.2, 0) is 0 Å². The number of furan rings is 1. The number of rotatable bonds is 4. The van der Waals surface area contributed by atoms with Crippen molar-refractivity contribution >= 4 is 27.2 Å². The van der Waals surface area contributed by atoms with E-state index in [1.54, 1.807) is 0 Å². The van der Waals surface area contributed by atoms with Gasteiger partial charge in [-0.1, -0.05) is 90.2 Å². The summed E-state index contributed by atoms with van der Waals surface area (Å²) in [5, 5.41) is 15.5. The molecule has 7 aromatic rings. The molecule has 0 saturated carbocycles. The first-order valence-electron chi connectivity index (χ1n) is 11.2. The topological polar surface area (TPSA) is 69.1 Å². The van der Waals surface area contributed by atoms with Gasteiger partial charge in [-0.2, -0.15) is 9.61 Å². The molecule has 0 radical (unpaired) electrons. The largest absolute Gasteiger partial charge is 0.454 e. The molecular weight excluding hydrogens is 454 g/mol. The Morgan fingerprint density at radius 2 is 1.40 bits per heavy atom. The average Bonchev–Trinajstić information content (AvgIpc) is 3.65. The van der Waals surface area contributed by atoms with Crippen LogP contribution in [0.15, 0.2) is 108 Å². The molecule has 0 saturated heterocycles. The molecule has 6 nitrogen and oxygen atoms in total. The molecule has 166 valence electrons. The van der Waals surface area contributed by atoms with E-state index in [9.17, 15) is 0 Å². The molecule has 0 unspecified atom stereocenters. The van der Waals surface area contributed by atoms with Crippen LogP contribution in [0.4, 0.5) is 0 Å². The van der Waals surface area contributed by atoms with Gasteiger partial charge in [0, 0.05) is 22.1 Å². The molecular formula is C28H17N5OS. The molecule has 0 aliphatic carbocycles. The highest BCUT2D eigenvalue weighted by atomic mass is 32.1. The van der Waals surface area contributed by atoms with Crippen LogP contribution in [0.2, 0.25) is 0 Å². The van der Waals surface area contributed by atoms with Gasteiger partial charge in [-0.3, -0.25) is 0 Å². The van der Waals surface area contributed by atoms with E-state index in [4.69, 9.17) is 14.5 Å². The fourth-order valence-electron chi connectivity index (χ4n) is 4.20. The van der Waals surface area contributed by atoms with E-state index in [-0.39, 0.29) is 0 Å². The number of para-hydroxylation sites is 1. The standard InChI is InChI=1S/C28H17N5OS/c1-3-9-18(10-4-1)24-15-16-25(34-24)23-17-21(20-13-7-8-14-22(20)29-23)27-32-33-26(30-31-28(33)35-27)19-11-5-2-6-12-19/h1-17H. The molecule has 0 N–H and O–H groups in total. The molecule has 0 atom stereocenters. The monoisotopic (exact) mass is 471 g/mol. The first-order valence-corrected chi connectivity index (χ1v) is 12.0. The highest BCUT2D eigenvalue weighted by Gasteiger charge is 2.18. The Labute approximate surface area is 204 Å². The summed E-state index contributed by atoms with van der Waals surface area (Å²) >= 11 is 1.51. The molecule has 35 heavy (non-hydrogen) atoms. The molecule has 4 aromatic heterocycles. The number of benzene rings is 3. The third-order valence-electron chi connectivity index (χ3n) is 5.89. The summed E-state index contributed by atoms with van der Waals surface area (Å²) in [5.41, 5.74) is 4.63. The van der Waals surface area contributed by atoms with Crippen molar-refractivity contribution in [3.05, 3.63) is 103 Å². The maximum Gasteiger partial charge on any atom is 0.235 e. The van der Waals surface area contributed by atoms with E-state index in [2.05, 4.69) is 16.3 Å². The molecule has 3 aromatic carbocycles. The number of fused-ring (bicyclic) bond motifs is 2. The highest BCUT2D eigenvalue weighted by Crippen LogP contribution is 2.36. The summed E-state index contributed by atoms with van der Waals surface area (Å²) < 4.78 is 8.02. The molecule has 0 aliphatic rings. The van der Waals surface area contributed by atoms with Crippen LogP contribution in [0.25, 0.3) is 60.6 Å². The van der Waals surface area contributed by atoms with Crippen molar-refractivity contribution in [2.45, 2.75) is 0 Å². The molecule has 7 rings (SSSR count). The lowest BCUT2D eigenvalue weighted by Gasteiger charge is -2.06. The van der Waals surface area contributed by atoms with Crippen molar-refractivity contribution in [2.75, 3.05) is 0 Å². The lowest BCUT2D eigenvalue weighted by atomic mass is 10.1. The Kier molecular flexibility index (Phi) is 4.53. The molecule has 0 amide bonds. The number of nitrogens with zero attached hydrogens (tertiary/aromatic N) is 5. The van der Waals surface area contributed by atoms with E-state index < -0.39 is 0 Å². The smallest absolute Gasteiger partial charge is 0.235 e. The lowest BCUT2D eigenvalue weighted by Crippen LogP contribution is -1.92. The van der Waals surface area contributed by atoms with Gasteiger partial charge in [0.1, 0.15) is 16.5 Å². The summed E-state index contributed by atoms with van der Waals surface area (Å²) in [4.78, 5) is 5.64. The van der Waals surface area contributed by atoms with Crippen LogP contribution < -0.4 is 0 Å². The second-order valence-corrected chi connectivity index (χ2v) is 9.05. The highest BCUT2D eigenvalue weighted by molar-refractivity contribution is 7.20. The van der Waals surface area contributed by atoms with Gasteiger partial charge in [-0.25, -0.2) is 4.98 Å². The predicted octanol–water partition coefficient (Wildman–Crippen LogP) is 7.00. The molecule has 0 bridgehead atoms. The number of hydrogen-bond acceptors (Lipinski definition) is 6. The zero-order valence-corrected chi connectivity index (χ0v) is 19.2. The van der Waals surface area contributed by atoms with Crippen LogP contribution >= 0.6 is 11.3 Å². The minimum Gasteiger partial charge on any atom is -0.454 e. The van der Waals surface area contributed by atoms with Crippen LogP contribution in [0.5, 0.6) is 0 Å². The first-order chi connectivity index (χ1) is 17.3. The van der Waals surface area contributed by atoms with E-state index >= 15 is 0 Å². The minimum absolute atomic E-state index is 0.712. The third kappa shape index (κ3) is 3.41. The molecule has 0 spiro atoms. The molecule has 4 heterocycles. The summed E-state index contributed by atoms with van der Waals surface area (Å²) in [6.07, 6.45) is 0. The maximum absolute atomic E-state index is 6.21. The number of hydrogen-bond donors (Lipinski definition) is 0. The Morgan fingerprint density at radius 1 is 0.686 bits per heavy atom. The van der Waals surface area contributed by atoms with E-state index in [0.717, 1.165) is 54.8 Å². The number of pyridine rings is 1. The predicted molar refractivity (Wildman–Crippen MR) is 138 cm³/mol. The molecule has 0 aliphatic heterocycles. The number of aromatic nitrogens is 5. The Bertz CT molecular complexity index is 1800. The second-order valence-electron chi connectivity index (χ2n) is 8.09. The quantitative estimate of drug-likeness (QED) is 0.277. The summed E-state index contributed by atoms with van der Waals surface area (Å²) in [6.45, 7) is 0. The third-order valence-corrected chi connectivity index (χ3v) is 6.82. The van der Waals surface area contributed by atoms with Crippen molar-refractivity contribution in [1.29, 1.82) is 0 Å². The van der Waals surface area contributed by atoms with Gasteiger partial charge in [0.15, 0.2) is 11.6 Å². The van der Waals surface area contributed by atoms with Crippen molar-refractivity contribution in [2.24, 2.45) is 0 Å². The lowest BCUT2D eigenvalue weighted by molar-refractivity contribution is 0.595. The van der Waals surface area contributed by atoms with Gasteiger partial charge in [0.05, 0.1) is 5.52 Å². The van der Waals surface area contributed by atoms with Gasteiger partial charge in [-0.15, -0.1) is 10.2 Å². The van der Waals surface area contributed by atoms with E-state index in [1.807, 2.05) is 102 Å². The Balaban J connectivity index is 1.38. The van der Waals surface area contributed by atoms with Crippen LogP contribution in [-0.4, -0.2) is 24.8 Å². The zero-order valence-electron chi connectivity index (χ0n) is 18.4. The van der Waals surface area contributed by atoms with Crippen LogP contribution in [0.3, 0.4) is 0 Å². The second kappa shape index (κ2) is 8.00. The normalized spacial score (nSPS) is 11.4. The van der Waals surface area contributed by atoms with Gasteiger partial charge in [0.2, 0.25) is 4.96 Å². The summed E-state index contributed by atoms with van der Waals surface area (Å²) in [6, 6.07) is 34.1. The molecule has 0 fully saturated rings. The van der Waals surface area contributed by atoms with Gasteiger partial charge >= 0.3 is 0 Å². The minimum atomic E-state index is 0.712. The SMILES string of the molecule is c1ccc(-c2ccc(-c3cc(-c4nn5c(-c6ccccc6)nnc5s4)c4ccccc4n3)o2)cc1. The first kappa shape index (κ1) is 19.8. The van der Waals surface area contributed by atoms with Crippen molar-refractivity contribution in [1.82, 2.24) is 24.8 Å². The van der Waals surface area contributed by atoms with Crippen molar-refractivity contribution in [3.63, 3.8) is 0 Å². The zero-order chi connectivity index (χ0) is 23.2.